The summed E-state index contributed by atoms with van der Waals surface area (Å²) in [6.07, 6.45) is -14.8. The Balaban J connectivity index is 2.49. The number of nitrogens with zero attached hydrogens (tertiary/aromatic N) is 2. The standard InChI is InChI=1S/C13H6Cl2F9N3/c14-6-1-5(12(19,20)21)2-7(15)10(6)25-9-3-8(13(22,23)24)26-27(9)4-11(16,17)18/h1-3,25H,4H2. The zero-order valence-corrected chi connectivity index (χ0v) is 14.0. The summed E-state index contributed by atoms with van der Waals surface area (Å²) in [7, 11) is 0. The van der Waals surface area contributed by atoms with E-state index in [2.05, 4.69) is 10.4 Å². The van der Waals surface area contributed by atoms with Crippen LogP contribution in [0.15, 0.2) is 18.2 Å². The van der Waals surface area contributed by atoms with Gasteiger partial charge in [-0.3, -0.25) is 0 Å². The zero-order chi connectivity index (χ0) is 20.8. The van der Waals surface area contributed by atoms with E-state index in [9.17, 15) is 39.5 Å². The lowest BCUT2D eigenvalue weighted by atomic mass is 10.2. The van der Waals surface area contributed by atoms with Gasteiger partial charge in [-0.1, -0.05) is 23.2 Å². The maximum Gasteiger partial charge on any atom is 0.435 e. The van der Waals surface area contributed by atoms with Crippen molar-refractivity contribution >= 4 is 34.7 Å². The van der Waals surface area contributed by atoms with Gasteiger partial charge in [0.05, 0.1) is 21.3 Å². The van der Waals surface area contributed by atoms with E-state index in [1.165, 1.54) is 0 Å². The van der Waals surface area contributed by atoms with Gasteiger partial charge in [-0.2, -0.15) is 44.6 Å². The van der Waals surface area contributed by atoms with E-state index in [1.807, 2.05) is 0 Å². The molecule has 0 amide bonds. The van der Waals surface area contributed by atoms with Crippen LogP contribution in [0.5, 0.6) is 0 Å². The third-order valence-corrected chi connectivity index (χ3v) is 3.62. The van der Waals surface area contributed by atoms with Gasteiger partial charge in [-0.25, -0.2) is 4.68 Å². The normalized spacial score (nSPS) is 13.1. The van der Waals surface area contributed by atoms with Crippen molar-refractivity contribution in [3.8, 4) is 0 Å². The average molecular weight is 446 g/mol. The number of anilines is 2. The minimum atomic E-state index is -5.05. The molecule has 0 radical (unpaired) electrons. The Kier molecular flexibility index (Phi) is 5.54. The van der Waals surface area contributed by atoms with Gasteiger partial charge in [0, 0.05) is 6.07 Å². The molecule has 0 atom stereocenters. The molecule has 1 aromatic heterocycles. The van der Waals surface area contributed by atoms with Gasteiger partial charge in [0.25, 0.3) is 0 Å². The number of halogens is 11. The first-order chi connectivity index (χ1) is 12.1. The second-order valence-electron chi connectivity index (χ2n) is 5.12. The fourth-order valence-electron chi connectivity index (χ4n) is 1.93. The lowest BCUT2D eigenvalue weighted by molar-refractivity contribution is -0.148. The van der Waals surface area contributed by atoms with Crippen LogP contribution in [0.1, 0.15) is 11.3 Å². The van der Waals surface area contributed by atoms with E-state index in [-0.39, 0.29) is 10.7 Å². The van der Waals surface area contributed by atoms with Crippen LogP contribution in [0.4, 0.5) is 51.0 Å². The van der Waals surface area contributed by atoms with Gasteiger partial charge in [-0.05, 0) is 12.1 Å². The Bertz CT molecular complexity index is 814. The van der Waals surface area contributed by atoms with Crippen LogP contribution in [0.25, 0.3) is 0 Å². The molecule has 0 fully saturated rings. The molecule has 2 aromatic rings. The first-order valence-corrected chi connectivity index (χ1v) is 7.38. The molecule has 2 rings (SSSR count). The summed E-state index contributed by atoms with van der Waals surface area (Å²) in [5.41, 5.74) is -3.40. The highest BCUT2D eigenvalue weighted by Crippen LogP contribution is 2.40. The number of nitrogens with one attached hydrogen (secondary N) is 1. The van der Waals surface area contributed by atoms with E-state index in [4.69, 9.17) is 23.2 Å². The molecule has 0 aliphatic heterocycles. The molecule has 0 saturated heterocycles. The third-order valence-electron chi connectivity index (χ3n) is 3.02. The predicted octanol–water partition coefficient (Wildman–Crippen LogP) is 6.53. The topological polar surface area (TPSA) is 29.9 Å². The third kappa shape index (κ3) is 5.34. The van der Waals surface area contributed by atoms with Crippen molar-refractivity contribution in [3.05, 3.63) is 39.5 Å². The Morgan fingerprint density at radius 1 is 0.852 bits per heavy atom. The van der Waals surface area contributed by atoms with E-state index in [0.717, 1.165) is 0 Å². The maximum atomic E-state index is 12.7. The van der Waals surface area contributed by atoms with E-state index < -0.39 is 57.9 Å². The molecule has 1 heterocycles. The van der Waals surface area contributed by atoms with Crippen molar-refractivity contribution in [2.24, 2.45) is 0 Å². The van der Waals surface area contributed by atoms with E-state index in [0.29, 0.717) is 12.1 Å². The summed E-state index contributed by atoms with van der Waals surface area (Å²) >= 11 is 11.3. The van der Waals surface area contributed by atoms with Crippen LogP contribution in [-0.2, 0) is 18.9 Å². The predicted molar refractivity (Wildman–Crippen MR) is 78.0 cm³/mol. The monoisotopic (exact) mass is 445 g/mol. The first-order valence-electron chi connectivity index (χ1n) is 6.63. The van der Waals surface area contributed by atoms with Crippen LogP contribution >= 0.6 is 23.2 Å². The summed E-state index contributed by atoms with van der Waals surface area (Å²) < 4.78 is 114. The number of hydrogen-bond donors (Lipinski definition) is 1. The Labute approximate surface area is 154 Å². The van der Waals surface area contributed by atoms with E-state index in [1.54, 1.807) is 0 Å². The highest BCUT2D eigenvalue weighted by molar-refractivity contribution is 6.39. The molecular formula is C13H6Cl2F9N3. The number of aromatic nitrogens is 2. The molecule has 0 aliphatic rings. The first kappa shape index (κ1) is 21.5. The van der Waals surface area contributed by atoms with Gasteiger partial charge >= 0.3 is 18.5 Å². The number of hydrogen-bond acceptors (Lipinski definition) is 2. The summed E-state index contributed by atoms with van der Waals surface area (Å²) in [5, 5.41) is 3.57. The van der Waals surface area contributed by atoms with Gasteiger partial charge in [0.15, 0.2) is 5.69 Å². The van der Waals surface area contributed by atoms with Crippen LogP contribution in [0.3, 0.4) is 0 Å². The van der Waals surface area contributed by atoms with Crippen molar-refractivity contribution in [1.29, 1.82) is 0 Å². The lowest BCUT2D eigenvalue weighted by Gasteiger charge is -2.15. The van der Waals surface area contributed by atoms with Crippen molar-refractivity contribution in [1.82, 2.24) is 9.78 Å². The highest BCUT2D eigenvalue weighted by Gasteiger charge is 2.38. The van der Waals surface area contributed by atoms with Crippen molar-refractivity contribution in [3.63, 3.8) is 0 Å². The molecule has 0 bridgehead atoms. The molecule has 1 N–H and O–H groups in total. The lowest BCUT2D eigenvalue weighted by Crippen LogP contribution is -2.20. The van der Waals surface area contributed by atoms with Crippen molar-refractivity contribution in [2.45, 2.75) is 25.1 Å². The average Bonchev–Trinajstić information content (AvgIpc) is 2.82. The largest absolute Gasteiger partial charge is 0.435 e. The summed E-state index contributed by atoms with van der Waals surface area (Å²) in [4.78, 5) is 0. The second kappa shape index (κ2) is 6.97. The Hall–Kier alpha value is -1.82. The number of alkyl halides is 9. The SMILES string of the molecule is FC(F)(F)Cn1nc(C(F)(F)F)cc1Nc1c(Cl)cc(C(F)(F)F)cc1Cl. The molecule has 0 saturated carbocycles. The molecule has 0 aliphatic carbocycles. The van der Waals surface area contributed by atoms with Gasteiger partial charge < -0.3 is 5.32 Å². The zero-order valence-electron chi connectivity index (χ0n) is 12.5. The van der Waals surface area contributed by atoms with Crippen LogP contribution in [0, 0.1) is 0 Å². The molecule has 0 unspecified atom stereocenters. The molecule has 1 aromatic carbocycles. The fraction of sp³-hybridized carbons (Fsp3) is 0.308. The Morgan fingerprint density at radius 3 is 1.78 bits per heavy atom. The number of rotatable bonds is 3. The fourth-order valence-corrected chi connectivity index (χ4v) is 2.51. The minimum Gasteiger partial charge on any atom is -0.338 e. The Morgan fingerprint density at radius 2 is 1.37 bits per heavy atom. The highest BCUT2D eigenvalue weighted by atomic mass is 35.5. The molecule has 27 heavy (non-hydrogen) atoms. The molecule has 14 heteroatoms. The van der Waals surface area contributed by atoms with Crippen LogP contribution in [0.2, 0.25) is 10.0 Å². The van der Waals surface area contributed by atoms with Crippen molar-refractivity contribution < 1.29 is 39.5 Å². The van der Waals surface area contributed by atoms with E-state index >= 15 is 0 Å². The molecule has 150 valence electrons. The molecule has 0 spiro atoms. The quantitative estimate of drug-likeness (QED) is 0.544. The van der Waals surface area contributed by atoms with Crippen LogP contribution in [-0.4, -0.2) is 16.0 Å². The molecule has 3 nitrogen and oxygen atoms in total. The maximum absolute atomic E-state index is 12.7. The van der Waals surface area contributed by atoms with Gasteiger partial charge in [-0.15, -0.1) is 0 Å². The summed E-state index contributed by atoms with van der Waals surface area (Å²) in [6.45, 7) is -1.89. The summed E-state index contributed by atoms with van der Waals surface area (Å²) in [6, 6.07) is 1.09. The molecular weight excluding hydrogens is 440 g/mol. The minimum absolute atomic E-state index is 0.0485. The van der Waals surface area contributed by atoms with Gasteiger partial charge in [0.2, 0.25) is 0 Å². The summed E-state index contributed by atoms with van der Waals surface area (Å²) in [5.74, 6) is -0.816. The van der Waals surface area contributed by atoms with Crippen molar-refractivity contribution in [2.75, 3.05) is 5.32 Å². The second-order valence-corrected chi connectivity index (χ2v) is 5.94. The van der Waals surface area contributed by atoms with Crippen LogP contribution < -0.4 is 5.32 Å². The number of benzene rings is 1. The van der Waals surface area contributed by atoms with Gasteiger partial charge in [0.1, 0.15) is 12.4 Å². The smallest absolute Gasteiger partial charge is 0.338 e.